The van der Waals surface area contributed by atoms with E-state index in [1.54, 1.807) is 12.4 Å². The van der Waals surface area contributed by atoms with E-state index in [1.807, 2.05) is 54.6 Å². The molecule has 1 unspecified atom stereocenters. The van der Waals surface area contributed by atoms with E-state index < -0.39 is 0 Å². The smallest absolute Gasteiger partial charge is 0.319 e. The van der Waals surface area contributed by atoms with E-state index >= 15 is 0 Å². The van der Waals surface area contributed by atoms with Crippen molar-refractivity contribution >= 4 is 28.5 Å². The first kappa shape index (κ1) is 18.4. The van der Waals surface area contributed by atoms with Crippen molar-refractivity contribution in [3.05, 3.63) is 72.6 Å². The van der Waals surface area contributed by atoms with Crippen LogP contribution >= 0.6 is 0 Å². The van der Waals surface area contributed by atoms with Crippen LogP contribution in [0.3, 0.4) is 0 Å². The minimum atomic E-state index is -0.378. The van der Waals surface area contributed by atoms with Crippen LogP contribution < -0.4 is 10.6 Å². The van der Waals surface area contributed by atoms with E-state index in [0.717, 1.165) is 16.3 Å². The number of ether oxygens (including phenoxy) is 1. The number of nitrogens with zero attached hydrogens (tertiary/aromatic N) is 1. The highest BCUT2D eigenvalue weighted by atomic mass is 16.5. The van der Waals surface area contributed by atoms with E-state index in [4.69, 9.17) is 4.74 Å². The van der Waals surface area contributed by atoms with Gasteiger partial charge in [-0.3, -0.25) is 9.78 Å². The summed E-state index contributed by atoms with van der Waals surface area (Å²) >= 11 is 0. The minimum Gasteiger partial charge on any atom is -0.469 e. The van der Waals surface area contributed by atoms with Crippen LogP contribution in [0, 0.1) is 0 Å². The Hall–Kier alpha value is -3.41. The topological polar surface area (TPSA) is 80.3 Å². The first-order valence-corrected chi connectivity index (χ1v) is 8.66. The molecule has 0 radical (unpaired) electrons. The van der Waals surface area contributed by atoms with Gasteiger partial charge < -0.3 is 15.4 Å². The predicted molar refractivity (Wildman–Crippen MR) is 104 cm³/mol. The lowest BCUT2D eigenvalue weighted by molar-refractivity contribution is -0.141. The van der Waals surface area contributed by atoms with E-state index in [-0.39, 0.29) is 24.5 Å². The van der Waals surface area contributed by atoms with Gasteiger partial charge in [0.15, 0.2) is 0 Å². The molecule has 0 aliphatic heterocycles. The minimum absolute atomic E-state index is 0.0955. The van der Waals surface area contributed by atoms with Crippen molar-refractivity contribution in [2.24, 2.45) is 0 Å². The van der Waals surface area contributed by atoms with Gasteiger partial charge in [-0.05, 0) is 24.1 Å². The zero-order chi connectivity index (χ0) is 19.1. The van der Waals surface area contributed by atoms with Crippen molar-refractivity contribution in [2.75, 3.05) is 12.4 Å². The van der Waals surface area contributed by atoms with Gasteiger partial charge in [0.05, 0.1) is 19.2 Å². The molecule has 0 saturated heterocycles. The summed E-state index contributed by atoms with van der Waals surface area (Å²) in [4.78, 5) is 28.4. The summed E-state index contributed by atoms with van der Waals surface area (Å²) in [7, 11) is 1.34. The highest BCUT2D eigenvalue weighted by Gasteiger charge is 2.18. The summed E-state index contributed by atoms with van der Waals surface area (Å²) in [6.45, 7) is 0. The van der Waals surface area contributed by atoms with Crippen LogP contribution in [-0.4, -0.2) is 30.1 Å². The molecule has 1 atom stereocenters. The Morgan fingerprint density at radius 2 is 1.89 bits per heavy atom. The monoisotopic (exact) mass is 363 g/mol. The molecule has 0 spiro atoms. The van der Waals surface area contributed by atoms with Gasteiger partial charge in [-0.2, -0.15) is 0 Å². The maximum absolute atomic E-state index is 12.5. The van der Waals surface area contributed by atoms with Crippen LogP contribution in [-0.2, 0) is 16.0 Å². The Kier molecular flexibility index (Phi) is 5.99. The van der Waals surface area contributed by atoms with Gasteiger partial charge in [-0.25, -0.2) is 4.79 Å². The number of urea groups is 1. The fraction of sp³-hybridized carbons (Fsp3) is 0.190. The number of hydrogen-bond donors (Lipinski definition) is 2. The number of hydrogen-bond acceptors (Lipinski definition) is 4. The highest BCUT2D eigenvalue weighted by Crippen LogP contribution is 2.22. The number of amides is 2. The van der Waals surface area contributed by atoms with Gasteiger partial charge in [0.25, 0.3) is 0 Å². The fourth-order valence-electron chi connectivity index (χ4n) is 2.93. The molecule has 3 aromatic rings. The average Bonchev–Trinajstić information content (AvgIpc) is 2.69. The van der Waals surface area contributed by atoms with Gasteiger partial charge in [0, 0.05) is 29.2 Å². The third kappa shape index (κ3) is 5.04. The third-order valence-corrected chi connectivity index (χ3v) is 4.23. The summed E-state index contributed by atoms with van der Waals surface area (Å²) in [5.74, 6) is -0.368. The van der Waals surface area contributed by atoms with E-state index in [0.29, 0.717) is 12.1 Å². The molecule has 3 rings (SSSR count). The number of fused-ring (bicyclic) bond motifs is 1. The number of esters is 1. The summed E-state index contributed by atoms with van der Waals surface area (Å²) in [5, 5.41) is 7.57. The molecule has 2 N–H and O–H groups in total. The Labute approximate surface area is 157 Å². The maximum atomic E-state index is 12.5. The number of rotatable bonds is 6. The number of methoxy groups -OCH3 is 1. The summed E-state index contributed by atoms with van der Waals surface area (Å²) in [6.07, 6.45) is 4.05. The van der Waals surface area contributed by atoms with Crippen molar-refractivity contribution in [3.8, 4) is 0 Å². The zero-order valence-electron chi connectivity index (χ0n) is 15.0. The number of carbonyl (C=O) groups is 2. The van der Waals surface area contributed by atoms with Crippen LogP contribution in [0.5, 0.6) is 0 Å². The van der Waals surface area contributed by atoms with Crippen molar-refractivity contribution in [3.63, 3.8) is 0 Å². The molecule has 0 saturated carbocycles. The largest absolute Gasteiger partial charge is 0.469 e. The molecule has 0 bridgehead atoms. The molecule has 1 aromatic heterocycles. The summed E-state index contributed by atoms with van der Waals surface area (Å²) in [6, 6.07) is 16.4. The number of aromatic nitrogens is 1. The Morgan fingerprint density at radius 1 is 1.07 bits per heavy atom. The SMILES string of the molecule is COC(=O)CC(Cc1ccccc1)NC(=O)Nc1cccc2cnccc12. The molecule has 6 nitrogen and oxygen atoms in total. The van der Waals surface area contributed by atoms with Crippen LogP contribution in [0.2, 0.25) is 0 Å². The first-order valence-electron chi connectivity index (χ1n) is 8.66. The second-order valence-corrected chi connectivity index (χ2v) is 6.17. The molecule has 0 aliphatic carbocycles. The van der Waals surface area contributed by atoms with E-state index in [9.17, 15) is 9.59 Å². The number of benzene rings is 2. The summed E-state index contributed by atoms with van der Waals surface area (Å²) in [5.41, 5.74) is 1.71. The Bertz CT molecular complexity index is 923. The second-order valence-electron chi connectivity index (χ2n) is 6.17. The molecule has 2 amide bonds. The van der Waals surface area contributed by atoms with Gasteiger partial charge in [0.2, 0.25) is 0 Å². The van der Waals surface area contributed by atoms with Crippen LogP contribution in [0.15, 0.2) is 67.0 Å². The third-order valence-electron chi connectivity index (χ3n) is 4.23. The molecule has 6 heteroatoms. The normalized spacial score (nSPS) is 11.6. The van der Waals surface area contributed by atoms with Gasteiger partial charge in [-0.1, -0.05) is 42.5 Å². The van der Waals surface area contributed by atoms with E-state index in [1.165, 1.54) is 7.11 Å². The van der Waals surface area contributed by atoms with E-state index in [2.05, 4.69) is 15.6 Å². The molecule has 2 aromatic carbocycles. The molecule has 138 valence electrons. The Balaban J connectivity index is 1.72. The quantitative estimate of drug-likeness (QED) is 0.657. The van der Waals surface area contributed by atoms with Crippen LogP contribution in [0.25, 0.3) is 10.8 Å². The van der Waals surface area contributed by atoms with Gasteiger partial charge in [-0.15, -0.1) is 0 Å². The number of anilines is 1. The lowest BCUT2D eigenvalue weighted by atomic mass is 10.0. The van der Waals surface area contributed by atoms with Crippen molar-refractivity contribution in [1.82, 2.24) is 10.3 Å². The lowest BCUT2D eigenvalue weighted by Crippen LogP contribution is -2.40. The number of nitrogens with one attached hydrogen (secondary N) is 2. The molecular formula is C21H21N3O3. The maximum Gasteiger partial charge on any atom is 0.319 e. The second kappa shape index (κ2) is 8.80. The molecule has 27 heavy (non-hydrogen) atoms. The number of carbonyl (C=O) groups excluding carboxylic acids is 2. The predicted octanol–water partition coefficient (Wildman–Crippen LogP) is 3.53. The van der Waals surface area contributed by atoms with Crippen LogP contribution in [0.4, 0.5) is 10.5 Å². The molecule has 0 aliphatic rings. The highest BCUT2D eigenvalue weighted by molar-refractivity contribution is 6.01. The first-order chi connectivity index (χ1) is 13.2. The zero-order valence-corrected chi connectivity index (χ0v) is 15.0. The molecule has 1 heterocycles. The number of pyridine rings is 1. The van der Waals surface area contributed by atoms with Crippen molar-refractivity contribution < 1.29 is 14.3 Å². The van der Waals surface area contributed by atoms with Gasteiger partial charge in [0.1, 0.15) is 0 Å². The van der Waals surface area contributed by atoms with Crippen LogP contribution in [0.1, 0.15) is 12.0 Å². The lowest BCUT2D eigenvalue weighted by Gasteiger charge is -2.19. The molecule has 0 fully saturated rings. The standard InChI is InChI=1S/C21H21N3O3/c1-27-20(25)13-17(12-15-6-3-2-4-7-15)23-21(26)24-19-9-5-8-16-14-22-11-10-18(16)19/h2-11,14,17H,12-13H2,1H3,(H2,23,24,26). The summed E-state index contributed by atoms with van der Waals surface area (Å²) < 4.78 is 4.76. The van der Waals surface area contributed by atoms with Crippen molar-refractivity contribution in [1.29, 1.82) is 0 Å². The molecular weight excluding hydrogens is 342 g/mol. The average molecular weight is 363 g/mol. The fourth-order valence-corrected chi connectivity index (χ4v) is 2.93. The Morgan fingerprint density at radius 3 is 2.67 bits per heavy atom. The van der Waals surface area contributed by atoms with Crippen molar-refractivity contribution in [2.45, 2.75) is 18.9 Å². The van der Waals surface area contributed by atoms with Gasteiger partial charge >= 0.3 is 12.0 Å².